The zero-order valence-corrected chi connectivity index (χ0v) is 12.6. The topological polar surface area (TPSA) is 41.6 Å². The minimum Gasteiger partial charge on any atom is -0.491 e. The Morgan fingerprint density at radius 2 is 2.05 bits per heavy atom. The lowest BCUT2D eigenvalue weighted by Crippen LogP contribution is -2.43. The monoisotopic (exact) mass is 276 g/mol. The molecule has 1 saturated heterocycles. The van der Waals surface area contributed by atoms with Gasteiger partial charge in [0.05, 0.1) is 6.10 Å². The number of hydrogen-bond acceptors (Lipinski definition) is 3. The van der Waals surface area contributed by atoms with Gasteiger partial charge in [-0.15, -0.1) is 0 Å². The third kappa shape index (κ3) is 3.73. The van der Waals surface area contributed by atoms with Crippen molar-refractivity contribution in [3.8, 4) is 5.75 Å². The van der Waals surface area contributed by atoms with Gasteiger partial charge in [0.15, 0.2) is 0 Å². The van der Waals surface area contributed by atoms with Gasteiger partial charge in [-0.3, -0.25) is 4.79 Å². The van der Waals surface area contributed by atoms with E-state index in [1.54, 1.807) is 0 Å². The van der Waals surface area contributed by atoms with Gasteiger partial charge < -0.3 is 15.0 Å². The summed E-state index contributed by atoms with van der Waals surface area (Å²) in [5.41, 5.74) is 0.698. The molecule has 0 spiro atoms. The third-order valence-corrected chi connectivity index (χ3v) is 3.63. The van der Waals surface area contributed by atoms with Crippen LogP contribution in [-0.2, 0) is 0 Å². The van der Waals surface area contributed by atoms with Crippen molar-refractivity contribution in [2.45, 2.75) is 38.8 Å². The van der Waals surface area contributed by atoms with E-state index in [0.717, 1.165) is 31.7 Å². The van der Waals surface area contributed by atoms with Crippen LogP contribution in [0.15, 0.2) is 24.3 Å². The highest BCUT2D eigenvalue weighted by Gasteiger charge is 2.23. The van der Waals surface area contributed by atoms with Gasteiger partial charge in [-0.25, -0.2) is 0 Å². The van der Waals surface area contributed by atoms with Gasteiger partial charge >= 0.3 is 0 Å². The van der Waals surface area contributed by atoms with Gasteiger partial charge in [0, 0.05) is 18.7 Å². The van der Waals surface area contributed by atoms with Crippen molar-refractivity contribution in [1.29, 1.82) is 0 Å². The van der Waals surface area contributed by atoms with Gasteiger partial charge in [-0.05, 0) is 58.0 Å². The van der Waals surface area contributed by atoms with Crippen LogP contribution in [0, 0.1) is 0 Å². The minimum absolute atomic E-state index is 0.0751. The van der Waals surface area contributed by atoms with Crippen LogP contribution < -0.4 is 10.1 Å². The van der Waals surface area contributed by atoms with Crippen LogP contribution >= 0.6 is 0 Å². The molecule has 1 heterocycles. The van der Waals surface area contributed by atoms with Crippen LogP contribution in [0.2, 0.25) is 0 Å². The first-order chi connectivity index (χ1) is 9.58. The van der Waals surface area contributed by atoms with Crippen molar-refractivity contribution in [1.82, 2.24) is 10.2 Å². The number of amides is 1. The maximum Gasteiger partial charge on any atom is 0.253 e. The average Bonchev–Trinajstić information content (AvgIpc) is 2.46. The molecule has 1 amide bonds. The SMILES string of the molecule is CC(C)Oc1cccc(C(=O)N(C)C2CCNCC2)c1. The van der Waals surface area contributed by atoms with E-state index < -0.39 is 0 Å². The van der Waals surface area contributed by atoms with Crippen molar-refractivity contribution < 1.29 is 9.53 Å². The number of nitrogens with zero attached hydrogens (tertiary/aromatic N) is 1. The molecule has 0 aliphatic carbocycles. The summed E-state index contributed by atoms with van der Waals surface area (Å²) in [5.74, 6) is 0.829. The standard InChI is InChI=1S/C16H24N2O2/c1-12(2)20-15-6-4-5-13(11-15)16(19)18(3)14-7-9-17-10-8-14/h4-6,11-12,14,17H,7-10H2,1-3H3. The van der Waals surface area contributed by atoms with E-state index in [4.69, 9.17) is 4.74 Å². The van der Waals surface area contributed by atoms with Gasteiger partial charge in [-0.2, -0.15) is 0 Å². The Morgan fingerprint density at radius 1 is 1.35 bits per heavy atom. The number of piperidine rings is 1. The average molecular weight is 276 g/mol. The van der Waals surface area contributed by atoms with E-state index in [-0.39, 0.29) is 12.0 Å². The Morgan fingerprint density at radius 3 is 2.70 bits per heavy atom. The molecule has 4 nitrogen and oxygen atoms in total. The molecule has 0 aromatic heterocycles. The van der Waals surface area contributed by atoms with Gasteiger partial charge in [0.2, 0.25) is 0 Å². The largest absolute Gasteiger partial charge is 0.491 e. The molecule has 0 unspecified atom stereocenters. The summed E-state index contributed by atoms with van der Waals surface area (Å²) in [6.07, 6.45) is 2.15. The third-order valence-electron chi connectivity index (χ3n) is 3.63. The maximum atomic E-state index is 12.5. The van der Waals surface area contributed by atoms with Crippen LogP contribution in [0.4, 0.5) is 0 Å². The first-order valence-corrected chi connectivity index (χ1v) is 7.32. The molecule has 1 aliphatic rings. The minimum atomic E-state index is 0.0751. The van der Waals surface area contributed by atoms with Crippen molar-refractivity contribution >= 4 is 5.91 Å². The Balaban J connectivity index is 2.07. The summed E-state index contributed by atoms with van der Waals surface area (Å²) in [7, 11) is 1.90. The molecule has 2 rings (SSSR count). The summed E-state index contributed by atoms with van der Waals surface area (Å²) in [6.45, 7) is 5.93. The molecule has 110 valence electrons. The Bertz CT molecular complexity index is 454. The first-order valence-electron chi connectivity index (χ1n) is 7.32. The Kier molecular flexibility index (Phi) is 5.01. The van der Waals surface area contributed by atoms with Crippen LogP contribution in [0.25, 0.3) is 0 Å². The highest BCUT2D eigenvalue weighted by Crippen LogP contribution is 2.18. The van der Waals surface area contributed by atoms with Crippen LogP contribution in [0.5, 0.6) is 5.75 Å². The number of benzene rings is 1. The molecule has 4 heteroatoms. The number of carbonyl (C=O) groups excluding carboxylic acids is 1. The number of ether oxygens (including phenoxy) is 1. The number of nitrogens with one attached hydrogen (secondary N) is 1. The summed E-state index contributed by atoms with van der Waals surface area (Å²) in [6, 6.07) is 7.79. The molecule has 0 atom stereocenters. The van der Waals surface area contributed by atoms with Crippen molar-refractivity contribution in [3.63, 3.8) is 0 Å². The molecule has 0 radical (unpaired) electrons. The number of hydrogen-bond donors (Lipinski definition) is 1. The second-order valence-electron chi connectivity index (χ2n) is 5.59. The Hall–Kier alpha value is -1.55. The predicted octanol–water partition coefficient (Wildman–Crippen LogP) is 2.30. The maximum absolute atomic E-state index is 12.5. The molecule has 1 aromatic carbocycles. The van der Waals surface area contributed by atoms with E-state index >= 15 is 0 Å². The van der Waals surface area contributed by atoms with Crippen LogP contribution in [0.1, 0.15) is 37.0 Å². The zero-order valence-electron chi connectivity index (χ0n) is 12.6. The Labute approximate surface area is 121 Å². The highest BCUT2D eigenvalue weighted by atomic mass is 16.5. The number of carbonyl (C=O) groups is 1. The molecule has 1 aromatic rings. The van der Waals surface area contributed by atoms with Crippen molar-refractivity contribution in [2.24, 2.45) is 0 Å². The molecular formula is C16H24N2O2. The molecule has 20 heavy (non-hydrogen) atoms. The zero-order chi connectivity index (χ0) is 14.5. The summed E-state index contributed by atoms with van der Waals surface area (Å²) < 4.78 is 5.65. The summed E-state index contributed by atoms with van der Waals surface area (Å²) >= 11 is 0. The molecular weight excluding hydrogens is 252 g/mol. The summed E-state index contributed by atoms with van der Waals surface area (Å²) in [5, 5.41) is 3.32. The van der Waals surface area contributed by atoms with E-state index in [0.29, 0.717) is 11.6 Å². The summed E-state index contributed by atoms with van der Waals surface area (Å²) in [4.78, 5) is 14.4. The van der Waals surface area contributed by atoms with Gasteiger partial charge in [0.1, 0.15) is 5.75 Å². The van der Waals surface area contributed by atoms with E-state index in [1.807, 2.05) is 50.1 Å². The smallest absolute Gasteiger partial charge is 0.253 e. The molecule has 1 aliphatic heterocycles. The first kappa shape index (κ1) is 14.9. The number of rotatable bonds is 4. The van der Waals surface area contributed by atoms with Gasteiger partial charge in [0.25, 0.3) is 5.91 Å². The van der Waals surface area contributed by atoms with Gasteiger partial charge in [-0.1, -0.05) is 6.07 Å². The van der Waals surface area contributed by atoms with Crippen LogP contribution in [0.3, 0.4) is 0 Å². The molecule has 0 bridgehead atoms. The van der Waals surface area contributed by atoms with E-state index in [2.05, 4.69) is 5.32 Å². The normalized spacial score (nSPS) is 16.2. The lowest BCUT2D eigenvalue weighted by atomic mass is 10.0. The molecule has 1 N–H and O–H groups in total. The highest BCUT2D eigenvalue weighted by molar-refractivity contribution is 5.94. The fourth-order valence-electron chi connectivity index (χ4n) is 2.54. The second-order valence-corrected chi connectivity index (χ2v) is 5.59. The van der Waals surface area contributed by atoms with Crippen molar-refractivity contribution in [2.75, 3.05) is 20.1 Å². The van der Waals surface area contributed by atoms with E-state index in [9.17, 15) is 4.79 Å². The lowest BCUT2D eigenvalue weighted by molar-refractivity contribution is 0.0702. The van der Waals surface area contributed by atoms with Crippen LogP contribution in [-0.4, -0.2) is 43.1 Å². The predicted molar refractivity (Wildman–Crippen MR) is 80.2 cm³/mol. The molecule has 0 saturated carbocycles. The fraction of sp³-hybridized carbons (Fsp3) is 0.562. The molecule has 1 fully saturated rings. The lowest BCUT2D eigenvalue weighted by Gasteiger charge is -2.31. The second kappa shape index (κ2) is 6.75. The van der Waals surface area contributed by atoms with E-state index in [1.165, 1.54) is 0 Å². The quantitative estimate of drug-likeness (QED) is 0.917. The van der Waals surface area contributed by atoms with Crippen molar-refractivity contribution in [3.05, 3.63) is 29.8 Å². The fourth-order valence-corrected chi connectivity index (χ4v) is 2.54.